The zero-order valence-corrected chi connectivity index (χ0v) is 9.76. The maximum absolute atomic E-state index is 12.5. The Hall–Kier alpha value is -0.800. The molecule has 1 atom stereocenters. The van der Waals surface area contributed by atoms with Crippen molar-refractivity contribution in [2.45, 2.75) is 19.9 Å². The fraction of sp³-hybridized carbons (Fsp3) is 0.455. The van der Waals surface area contributed by atoms with Crippen LogP contribution in [-0.2, 0) is 0 Å². The summed E-state index contributed by atoms with van der Waals surface area (Å²) in [5.74, 6) is 0.781. The molecule has 0 aliphatic rings. The highest BCUT2D eigenvalue weighted by Crippen LogP contribution is 2.11. The molecule has 0 amide bonds. The van der Waals surface area contributed by atoms with Gasteiger partial charge < -0.3 is 10.5 Å². The van der Waals surface area contributed by atoms with Gasteiger partial charge in [-0.3, -0.25) is 0 Å². The van der Waals surface area contributed by atoms with Gasteiger partial charge >= 0.3 is 0 Å². The van der Waals surface area contributed by atoms with E-state index in [0.717, 1.165) is 0 Å². The van der Waals surface area contributed by atoms with Crippen molar-refractivity contribution in [3.63, 3.8) is 0 Å². The molecule has 1 unspecified atom stereocenters. The molecule has 1 aromatic carbocycles. The van der Waals surface area contributed by atoms with E-state index >= 15 is 0 Å². The first kappa shape index (κ1) is 14.2. The maximum atomic E-state index is 12.5. The molecule has 0 fully saturated rings. The van der Waals surface area contributed by atoms with E-state index in [0.29, 0.717) is 18.3 Å². The SMILES string of the molecule is CC(C)C(N)COc1ccc(F)cc1.Cl. The third-order valence-electron chi connectivity index (χ3n) is 2.11. The average Bonchev–Trinajstić information content (AvgIpc) is 2.16. The number of rotatable bonds is 4. The van der Waals surface area contributed by atoms with Gasteiger partial charge in [-0.2, -0.15) is 0 Å². The molecule has 0 heterocycles. The molecule has 0 aliphatic heterocycles. The zero-order valence-electron chi connectivity index (χ0n) is 8.94. The standard InChI is InChI=1S/C11H16FNO.ClH/c1-8(2)11(13)7-14-10-5-3-9(12)4-6-10;/h3-6,8,11H,7,13H2,1-2H3;1H. The Morgan fingerprint density at radius 2 is 1.80 bits per heavy atom. The van der Waals surface area contributed by atoms with E-state index in [-0.39, 0.29) is 24.3 Å². The topological polar surface area (TPSA) is 35.2 Å². The fourth-order valence-electron chi connectivity index (χ4n) is 0.916. The molecular weight excluding hydrogens is 217 g/mol. The van der Waals surface area contributed by atoms with E-state index in [2.05, 4.69) is 0 Å². The minimum absolute atomic E-state index is 0. The largest absolute Gasteiger partial charge is 0.492 e. The summed E-state index contributed by atoms with van der Waals surface area (Å²) in [7, 11) is 0. The average molecular weight is 234 g/mol. The molecule has 0 bridgehead atoms. The van der Waals surface area contributed by atoms with Crippen molar-refractivity contribution in [3.8, 4) is 5.75 Å². The van der Waals surface area contributed by atoms with E-state index in [4.69, 9.17) is 10.5 Å². The van der Waals surface area contributed by atoms with Crippen molar-refractivity contribution < 1.29 is 9.13 Å². The van der Waals surface area contributed by atoms with Crippen LogP contribution in [0, 0.1) is 11.7 Å². The van der Waals surface area contributed by atoms with Gasteiger partial charge in [-0.1, -0.05) is 13.8 Å². The molecule has 1 aromatic rings. The van der Waals surface area contributed by atoms with Crippen molar-refractivity contribution in [2.24, 2.45) is 11.7 Å². The molecule has 0 spiro atoms. The predicted octanol–water partition coefficient (Wildman–Crippen LogP) is 2.61. The van der Waals surface area contributed by atoms with Gasteiger partial charge in [-0.15, -0.1) is 12.4 Å². The summed E-state index contributed by atoms with van der Waals surface area (Å²) in [6, 6.07) is 5.96. The van der Waals surface area contributed by atoms with Gasteiger partial charge in [-0.25, -0.2) is 4.39 Å². The predicted molar refractivity (Wildman–Crippen MR) is 62.0 cm³/mol. The first-order valence-electron chi connectivity index (χ1n) is 4.73. The molecule has 0 saturated carbocycles. The van der Waals surface area contributed by atoms with E-state index < -0.39 is 0 Å². The van der Waals surface area contributed by atoms with Gasteiger partial charge in [0.2, 0.25) is 0 Å². The number of benzene rings is 1. The molecule has 2 N–H and O–H groups in total. The summed E-state index contributed by atoms with van der Waals surface area (Å²) in [4.78, 5) is 0. The Kier molecular flexibility index (Phi) is 6.29. The lowest BCUT2D eigenvalue weighted by molar-refractivity contribution is 0.259. The van der Waals surface area contributed by atoms with Crippen LogP contribution in [0.2, 0.25) is 0 Å². The van der Waals surface area contributed by atoms with E-state index in [1.165, 1.54) is 12.1 Å². The summed E-state index contributed by atoms with van der Waals surface area (Å²) in [5.41, 5.74) is 5.80. The van der Waals surface area contributed by atoms with E-state index in [1.807, 2.05) is 13.8 Å². The van der Waals surface area contributed by atoms with Crippen LogP contribution in [0.4, 0.5) is 4.39 Å². The first-order chi connectivity index (χ1) is 6.59. The van der Waals surface area contributed by atoms with Gasteiger partial charge in [0.05, 0.1) is 0 Å². The van der Waals surface area contributed by atoms with Crippen LogP contribution in [0.1, 0.15) is 13.8 Å². The second kappa shape index (κ2) is 6.64. The van der Waals surface area contributed by atoms with Crippen molar-refractivity contribution >= 4 is 12.4 Å². The Morgan fingerprint density at radius 3 is 2.27 bits per heavy atom. The van der Waals surface area contributed by atoms with Crippen LogP contribution in [0.25, 0.3) is 0 Å². The smallest absolute Gasteiger partial charge is 0.123 e. The van der Waals surface area contributed by atoms with Gasteiger partial charge in [0.1, 0.15) is 18.2 Å². The van der Waals surface area contributed by atoms with Gasteiger partial charge in [-0.05, 0) is 30.2 Å². The summed E-state index contributed by atoms with van der Waals surface area (Å²) in [6.07, 6.45) is 0. The van der Waals surface area contributed by atoms with Gasteiger partial charge in [0, 0.05) is 6.04 Å². The highest BCUT2D eigenvalue weighted by molar-refractivity contribution is 5.85. The van der Waals surface area contributed by atoms with Crippen LogP contribution in [0.5, 0.6) is 5.75 Å². The lowest BCUT2D eigenvalue weighted by atomic mass is 10.1. The molecule has 1 rings (SSSR count). The molecule has 0 radical (unpaired) electrons. The van der Waals surface area contributed by atoms with Crippen LogP contribution in [-0.4, -0.2) is 12.6 Å². The molecule has 86 valence electrons. The highest BCUT2D eigenvalue weighted by atomic mass is 35.5. The fourth-order valence-corrected chi connectivity index (χ4v) is 0.916. The van der Waals surface area contributed by atoms with Crippen molar-refractivity contribution in [1.82, 2.24) is 0 Å². The minimum Gasteiger partial charge on any atom is -0.492 e. The third-order valence-corrected chi connectivity index (χ3v) is 2.11. The van der Waals surface area contributed by atoms with Crippen LogP contribution >= 0.6 is 12.4 Å². The van der Waals surface area contributed by atoms with Crippen molar-refractivity contribution in [1.29, 1.82) is 0 Å². The van der Waals surface area contributed by atoms with Gasteiger partial charge in [0.15, 0.2) is 0 Å². The Balaban J connectivity index is 0.00000196. The number of nitrogens with two attached hydrogens (primary N) is 1. The molecule has 0 saturated heterocycles. The molecule has 0 aliphatic carbocycles. The minimum atomic E-state index is -0.259. The number of hydrogen-bond donors (Lipinski definition) is 1. The zero-order chi connectivity index (χ0) is 10.6. The lowest BCUT2D eigenvalue weighted by Gasteiger charge is -2.16. The van der Waals surface area contributed by atoms with Crippen LogP contribution in [0.15, 0.2) is 24.3 Å². The second-order valence-electron chi connectivity index (χ2n) is 3.67. The Morgan fingerprint density at radius 1 is 1.27 bits per heavy atom. The van der Waals surface area contributed by atoms with Crippen molar-refractivity contribution in [3.05, 3.63) is 30.1 Å². The van der Waals surface area contributed by atoms with Crippen molar-refractivity contribution in [2.75, 3.05) is 6.61 Å². The summed E-state index contributed by atoms with van der Waals surface area (Å²) < 4.78 is 17.9. The quantitative estimate of drug-likeness (QED) is 0.868. The summed E-state index contributed by atoms with van der Waals surface area (Å²) >= 11 is 0. The lowest BCUT2D eigenvalue weighted by Crippen LogP contribution is -2.32. The van der Waals surface area contributed by atoms with Crippen LogP contribution in [0.3, 0.4) is 0 Å². The second-order valence-corrected chi connectivity index (χ2v) is 3.67. The maximum Gasteiger partial charge on any atom is 0.123 e. The monoisotopic (exact) mass is 233 g/mol. The molecule has 0 aromatic heterocycles. The Bertz CT molecular complexity index is 276. The Labute approximate surface area is 96.0 Å². The number of hydrogen-bond acceptors (Lipinski definition) is 2. The van der Waals surface area contributed by atoms with Crippen LogP contribution < -0.4 is 10.5 Å². The molecule has 15 heavy (non-hydrogen) atoms. The van der Waals surface area contributed by atoms with E-state index in [9.17, 15) is 4.39 Å². The normalized spacial score (nSPS) is 12.1. The summed E-state index contributed by atoms with van der Waals surface area (Å²) in [5, 5.41) is 0. The molecule has 2 nitrogen and oxygen atoms in total. The summed E-state index contributed by atoms with van der Waals surface area (Å²) in [6.45, 7) is 4.54. The van der Waals surface area contributed by atoms with Gasteiger partial charge in [0.25, 0.3) is 0 Å². The molecule has 4 heteroatoms. The van der Waals surface area contributed by atoms with E-state index in [1.54, 1.807) is 12.1 Å². The third kappa shape index (κ3) is 5.00. The molecular formula is C11H17ClFNO. The number of ether oxygens (including phenoxy) is 1. The highest BCUT2D eigenvalue weighted by Gasteiger charge is 2.07. The number of halogens is 2. The first-order valence-corrected chi connectivity index (χ1v) is 4.73.